The maximum atomic E-state index is 12.3. The molecule has 2 rings (SSSR count). The first kappa shape index (κ1) is 20.7. The lowest BCUT2D eigenvalue weighted by atomic mass is 10.1. The van der Waals surface area contributed by atoms with Gasteiger partial charge in [-0.2, -0.15) is 0 Å². The lowest BCUT2D eigenvalue weighted by Crippen LogP contribution is -2.15. The second kappa shape index (κ2) is 8.41. The molecule has 0 N–H and O–H groups in total. The summed E-state index contributed by atoms with van der Waals surface area (Å²) in [6, 6.07) is 8.32. The third-order valence-electron chi connectivity index (χ3n) is 3.61. The molecule has 0 bridgehead atoms. The first-order chi connectivity index (χ1) is 12.7. The van der Waals surface area contributed by atoms with Crippen molar-refractivity contribution in [2.75, 3.05) is 27.1 Å². The van der Waals surface area contributed by atoms with Crippen LogP contribution in [0.25, 0.3) is 0 Å². The van der Waals surface area contributed by atoms with Gasteiger partial charge in [-0.1, -0.05) is 11.6 Å². The van der Waals surface area contributed by atoms with Crippen LogP contribution in [0.4, 0.5) is 0 Å². The van der Waals surface area contributed by atoms with Gasteiger partial charge in [-0.25, -0.2) is 13.2 Å². The topological polar surface area (TPSA) is 96.0 Å². The molecule has 0 fully saturated rings. The molecule has 0 saturated carbocycles. The van der Waals surface area contributed by atoms with E-state index in [1.165, 1.54) is 38.5 Å². The zero-order valence-electron chi connectivity index (χ0n) is 14.8. The Bertz CT molecular complexity index is 983. The molecule has 0 aliphatic rings. The molecular weight excluding hydrogens is 396 g/mol. The molecular formula is C18H17ClO7S. The Balaban J connectivity index is 2.15. The first-order valence-electron chi connectivity index (χ1n) is 7.59. The van der Waals surface area contributed by atoms with E-state index >= 15 is 0 Å². The summed E-state index contributed by atoms with van der Waals surface area (Å²) >= 11 is 5.84. The van der Waals surface area contributed by atoms with E-state index in [0.717, 1.165) is 12.3 Å². The normalized spacial score (nSPS) is 11.0. The van der Waals surface area contributed by atoms with Gasteiger partial charge in [0.05, 0.1) is 35.3 Å². The maximum absolute atomic E-state index is 12.3. The van der Waals surface area contributed by atoms with Crippen molar-refractivity contribution in [1.29, 1.82) is 0 Å². The number of methoxy groups -OCH3 is 2. The minimum absolute atomic E-state index is 0.00639. The predicted octanol–water partition coefficient (Wildman–Crippen LogP) is 2.80. The summed E-state index contributed by atoms with van der Waals surface area (Å²) in [4.78, 5) is 24.3. The number of rotatable bonds is 7. The summed E-state index contributed by atoms with van der Waals surface area (Å²) in [5, 5.41) is -0.00639. The maximum Gasteiger partial charge on any atom is 0.338 e. The molecule has 0 aliphatic heterocycles. The van der Waals surface area contributed by atoms with Gasteiger partial charge >= 0.3 is 5.97 Å². The van der Waals surface area contributed by atoms with Gasteiger partial charge in [0.15, 0.2) is 16.4 Å². The van der Waals surface area contributed by atoms with Crippen molar-refractivity contribution in [3.63, 3.8) is 0 Å². The predicted molar refractivity (Wildman–Crippen MR) is 98.7 cm³/mol. The molecule has 0 aliphatic carbocycles. The molecule has 2 aromatic rings. The highest BCUT2D eigenvalue weighted by atomic mass is 35.5. The van der Waals surface area contributed by atoms with E-state index in [9.17, 15) is 18.0 Å². The van der Waals surface area contributed by atoms with Crippen LogP contribution in [0, 0.1) is 0 Å². The number of sulfone groups is 1. The second-order valence-electron chi connectivity index (χ2n) is 5.48. The van der Waals surface area contributed by atoms with Crippen molar-refractivity contribution in [1.82, 2.24) is 0 Å². The summed E-state index contributed by atoms with van der Waals surface area (Å²) in [6.45, 7) is -0.543. The first-order valence-corrected chi connectivity index (χ1v) is 9.86. The molecule has 0 amide bonds. The Labute approximate surface area is 161 Å². The number of Topliss-reactive ketones (excluding diaryl/α,β-unsaturated/α-hetero) is 1. The second-order valence-corrected chi connectivity index (χ2v) is 7.87. The van der Waals surface area contributed by atoms with Gasteiger partial charge in [0, 0.05) is 12.3 Å². The van der Waals surface area contributed by atoms with Crippen LogP contribution in [0.1, 0.15) is 20.7 Å². The SMILES string of the molecule is COc1ccc(C(=O)COC(=O)c2ccc(Cl)c(S(C)(=O)=O)c2)c(OC)c1. The van der Waals surface area contributed by atoms with Crippen molar-refractivity contribution in [3.05, 3.63) is 52.5 Å². The molecule has 0 spiro atoms. The van der Waals surface area contributed by atoms with E-state index in [2.05, 4.69) is 0 Å². The largest absolute Gasteiger partial charge is 0.497 e. The van der Waals surface area contributed by atoms with Gasteiger partial charge in [-0.3, -0.25) is 4.79 Å². The number of ketones is 1. The fourth-order valence-corrected chi connectivity index (χ4v) is 3.54. The van der Waals surface area contributed by atoms with Crippen LogP contribution >= 0.6 is 11.6 Å². The third-order valence-corrected chi connectivity index (χ3v) is 5.19. The number of carbonyl (C=O) groups is 2. The van der Waals surface area contributed by atoms with Crippen LogP contribution in [-0.2, 0) is 14.6 Å². The third kappa shape index (κ3) is 4.99. The van der Waals surface area contributed by atoms with Crippen LogP contribution in [0.2, 0.25) is 5.02 Å². The smallest absolute Gasteiger partial charge is 0.338 e. The average molecular weight is 413 g/mol. The van der Waals surface area contributed by atoms with E-state index < -0.39 is 28.2 Å². The Morgan fingerprint density at radius 2 is 1.74 bits per heavy atom. The standard InChI is InChI=1S/C18H17ClO7S/c1-24-12-5-6-13(16(9-12)25-2)15(20)10-26-18(21)11-4-7-14(19)17(8-11)27(3,22)23/h4-9H,10H2,1-3H3. The molecule has 9 heteroatoms. The molecule has 0 aromatic heterocycles. The highest BCUT2D eigenvalue weighted by molar-refractivity contribution is 7.90. The minimum atomic E-state index is -3.61. The lowest BCUT2D eigenvalue weighted by molar-refractivity contribution is 0.0473. The van der Waals surface area contributed by atoms with Crippen molar-refractivity contribution >= 4 is 33.2 Å². The summed E-state index contributed by atoms with van der Waals surface area (Å²) in [6.07, 6.45) is 0.975. The summed E-state index contributed by atoms with van der Waals surface area (Å²) < 4.78 is 38.6. The van der Waals surface area contributed by atoms with Crippen LogP contribution in [0.15, 0.2) is 41.3 Å². The molecule has 0 radical (unpaired) electrons. The van der Waals surface area contributed by atoms with Crippen molar-refractivity contribution in [2.24, 2.45) is 0 Å². The summed E-state index contributed by atoms with van der Waals surface area (Å²) in [5.74, 6) is -0.548. The molecule has 0 heterocycles. The number of benzene rings is 2. The zero-order chi connectivity index (χ0) is 20.2. The highest BCUT2D eigenvalue weighted by Crippen LogP contribution is 2.25. The van der Waals surface area contributed by atoms with E-state index in [4.69, 9.17) is 25.8 Å². The molecule has 0 unspecified atom stereocenters. The minimum Gasteiger partial charge on any atom is -0.497 e. The van der Waals surface area contributed by atoms with E-state index in [-0.39, 0.29) is 26.8 Å². The Morgan fingerprint density at radius 3 is 2.33 bits per heavy atom. The molecule has 2 aromatic carbocycles. The van der Waals surface area contributed by atoms with E-state index in [1.807, 2.05) is 0 Å². The van der Waals surface area contributed by atoms with Crippen molar-refractivity contribution in [2.45, 2.75) is 4.90 Å². The molecule has 0 saturated heterocycles. The van der Waals surface area contributed by atoms with Gasteiger partial charge in [0.1, 0.15) is 11.5 Å². The van der Waals surface area contributed by atoms with Crippen molar-refractivity contribution in [3.8, 4) is 11.5 Å². The van der Waals surface area contributed by atoms with E-state index in [0.29, 0.717) is 5.75 Å². The molecule has 0 atom stereocenters. The molecule has 144 valence electrons. The number of carbonyl (C=O) groups excluding carboxylic acids is 2. The molecule has 7 nitrogen and oxygen atoms in total. The number of hydrogen-bond acceptors (Lipinski definition) is 7. The van der Waals surface area contributed by atoms with Gasteiger partial charge in [-0.15, -0.1) is 0 Å². The van der Waals surface area contributed by atoms with Crippen LogP contribution < -0.4 is 9.47 Å². The van der Waals surface area contributed by atoms with Gasteiger partial charge in [0.25, 0.3) is 0 Å². The highest BCUT2D eigenvalue weighted by Gasteiger charge is 2.19. The Hall–Kier alpha value is -2.58. The number of hydrogen-bond donors (Lipinski definition) is 0. The van der Waals surface area contributed by atoms with Crippen molar-refractivity contribution < 1.29 is 32.2 Å². The number of halogens is 1. The Kier molecular flexibility index (Phi) is 6.45. The Morgan fingerprint density at radius 1 is 1.04 bits per heavy atom. The number of esters is 1. The van der Waals surface area contributed by atoms with E-state index in [1.54, 1.807) is 6.07 Å². The number of ether oxygens (including phenoxy) is 3. The summed E-state index contributed by atoms with van der Waals surface area (Å²) in [7, 11) is -0.733. The van der Waals surface area contributed by atoms with Gasteiger partial charge in [0.2, 0.25) is 5.78 Å². The monoisotopic (exact) mass is 412 g/mol. The summed E-state index contributed by atoms with van der Waals surface area (Å²) in [5.41, 5.74) is 0.188. The molecule has 27 heavy (non-hydrogen) atoms. The van der Waals surface area contributed by atoms with Gasteiger partial charge < -0.3 is 14.2 Å². The quantitative estimate of drug-likeness (QED) is 0.509. The zero-order valence-corrected chi connectivity index (χ0v) is 16.4. The fourth-order valence-electron chi connectivity index (χ4n) is 2.24. The van der Waals surface area contributed by atoms with Gasteiger partial charge in [-0.05, 0) is 30.3 Å². The average Bonchev–Trinajstić information content (AvgIpc) is 2.64. The fraction of sp³-hybridized carbons (Fsp3) is 0.222. The van der Waals surface area contributed by atoms with Crippen LogP contribution in [0.5, 0.6) is 11.5 Å². The lowest BCUT2D eigenvalue weighted by Gasteiger charge is -2.10. The van der Waals surface area contributed by atoms with Crippen LogP contribution in [-0.4, -0.2) is 47.3 Å². The van der Waals surface area contributed by atoms with Crippen LogP contribution in [0.3, 0.4) is 0 Å².